The van der Waals surface area contributed by atoms with Crippen LogP contribution in [0.1, 0.15) is 17.3 Å². The Morgan fingerprint density at radius 2 is 2.39 bits per heavy atom. The summed E-state index contributed by atoms with van der Waals surface area (Å²) < 4.78 is 8.55. The highest BCUT2D eigenvalue weighted by molar-refractivity contribution is 14.1. The van der Waals surface area contributed by atoms with Crippen molar-refractivity contribution >= 4 is 61.8 Å². The molecule has 0 fully saturated rings. The first-order valence-corrected chi connectivity index (χ1v) is 8.26. The van der Waals surface area contributed by atoms with E-state index in [9.17, 15) is 4.79 Å². The number of esters is 1. The Bertz CT molecular complexity index is 615. The predicted octanol–water partition coefficient (Wildman–Crippen LogP) is 3.60. The van der Waals surface area contributed by atoms with Crippen molar-refractivity contribution in [3.8, 4) is 0 Å². The molecular formula is C11H10BrIN2O2S. The third-order valence-corrected chi connectivity index (χ3v) is 4.88. The number of fused-ring (bicyclic) bond motifs is 1. The Morgan fingerprint density at radius 3 is 3.00 bits per heavy atom. The Morgan fingerprint density at radius 1 is 1.67 bits per heavy atom. The number of halogens is 2. The lowest BCUT2D eigenvalue weighted by Crippen LogP contribution is -2.05. The minimum atomic E-state index is -0.315. The van der Waals surface area contributed by atoms with Crippen LogP contribution in [0.25, 0.3) is 5.52 Å². The van der Waals surface area contributed by atoms with E-state index in [0.29, 0.717) is 16.8 Å². The second-order valence-corrected chi connectivity index (χ2v) is 5.98. The van der Waals surface area contributed by atoms with E-state index in [4.69, 9.17) is 4.74 Å². The smallest absolute Gasteiger partial charge is 0.342 e. The van der Waals surface area contributed by atoms with Crippen LogP contribution in [0.4, 0.5) is 0 Å². The van der Waals surface area contributed by atoms with Gasteiger partial charge in [-0.3, -0.25) is 0 Å². The van der Waals surface area contributed by atoms with Crippen LogP contribution in [-0.4, -0.2) is 28.2 Å². The largest absolute Gasteiger partial charge is 0.462 e. The molecule has 0 aliphatic rings. The molecule has 0 N–H and O–H groups in total. The van der Waals surface area contributed by atoms with Gasteiger partial charge in [0.2, 0.25) is 0 Å². The second-order valence-electron chi connectivity index (χ2n) is 3.36. The fourth-order valence-electron chi connectivity index (χ4n) is 1.63. The fraction of sp³-hybridized carbons (Fsp3) is 0.273. The monoisotopic (exact) mass is 440 g/mol. The summed E-state index contributed by atoms with van der Waals surface area (Å²) in [7, 11) is 0. The van der Waals surface area contributed by atoms with Crippen LogP contribution in [0, 0.1) is 3.57 Å². The molecule has 0 amide bonds. The van der Waals surface area contributed by atoms with E-state index >= 15 is 0 Å². The SMILES string of the molecule is CCOC(=O)c1c(I)c2c(SC)nccn2c1Br. The Hall–Kier alpha value is -0.280. The topological polar surface area (TPSA) is 43.6 Å². The summed E-state index contributed by atoms with van der Waals surface area (Å²) in [5.74, 6) is -0.315. The van der Waals surface area contributed by atoms with Crippen LogP contribution in [-0.2, 0) is 4.74 Å². The number of ether oxygens (including phenoxy) is 1. The molecule has 0 unspecified atom stereocenters. The molecule has 0 atom stereocenters. The molecule has 0 aliphatic heterocycles. The molecule has 0 saturated carbocycles. The van der Waals surface area contributed by atoms with E-state index in [1.165, 1.54) is 0 Å². The summed E-state index contributed by atoms with van der Waals surface area (Å²) in [5, 5.41) is 0.887. The van der Waals surface area contributed by atoms with Gasteiger partial charge in [-0.25, -0.2) is 9.78 Å². The lowest BCUT2D eigenvalue weighted by molar-refractivity contribution is 0.0524. The molecule has 2 aromatic rings. The highest BCUT2D eigenvalue weighted by Gasteiger charge is 2.23. The standard InChI is InChI=1S/C11H10BrIN2O2S/c1-3-17-11(16)6-7(13)8-10(18-2)14-4-5-15(8)9(6)12/h4-5H,3H2,1-2H3. The van der Waals surface area contributed by atoms with Crippen LogP contribution < -0.4 is 0 Å². The van der Waals surface area contributed by atoms with Gasteiger partial charge in [0.1, 0.15) is 15.2 Å². The third kappa shape index (κ3) is 2.27. The number of carbonyl (C=O) groups excluding carboxylic acids is 1. The number of carbonyl (C=O) groups is 1. The van der Waals surface area contributed by atoms with Crippen LogP contribution in [0.15, 0.2) is 22.0 Å². The van der Waals surface area contributed by atoms with E-state index in [0.717, 1.165) is 14.1 Å². The van der Waals surface area contributed by atoms with Crippen molar-refractivity contribution in [1.82, 2.24) is 9.38 Å². The quantitative estimate of drug-likeness (QED) is 0.415. The normalized spacial score (nSPS) is 10.9. The van der Waals surface area contributed by atoms with Crippen molar-refractivity contribution in [2.24, 2.45) is 0 Å². The summed E-state index contributed by atoms with van der Waals surface area (Å²) in [6.45, 7) is 2.16. The van der Waals surface area contributed by atoms with Crippen LogP contribution in [0.2, 0.25) is 0 Å². The van der Waals surface area contributed by atoms with E-state index in [2.05, 4.69) is 43.5 Å². The molecular weight excluding hydrogens is 431 g/mol. The first-order chi connectivity index (χ1) is 8.61. The number of thioether (sulfide) groups is 1. The van der Waals surface area contributed by atoms with Gasteiger partial charge in [-0.1, -0.05) is 0 Å². The fourth-order valence-corrected chi connectivity index (χ4v) is 4.39. The van der Waals surface area contributed by atoms with Crippen molar-refractivity contribution in [1.29, 1.82) is 0 Å². The zero-order chi connectivity index (χ0) is 13.3. The lowest BCUT2D eigenvalue weighted by Gasteiger charge is -2.00. The molecule has 0 aromatic carbocycles. The van der Waals surface area contributed by atoms with Gasteiger partial charge in [0, 0.05) is 12.4 Å². The molecule has 96 valence electrons. The highest BCUT2D eigenvalue weighted by atomic mass is 127. The van der Waals surface area contributed by atoms with Crippen molar-refractivity contribution in [3.63, 3.8) is 0 Å². The van der Waals surface area contributed by atoms with Gasteiger partial charge in [0.15, 0.2) is 0 Å². The average molecular weight is 441 g/mol. The highest BCUT2D eigenvalue weighted by Crippen LogP contribution is 2.33. The van der Waals surface area contributed by atoms with Crippen LogP contribution >= 0.6 is 50.3 Å². The first-order valence-electron chi connectivity index (χ1n) is 5.16. The molecule has 0 saturated heterocycles. The number of hydrogen-bond acceptors (Lipinski definition) is 4. The van der Waals surface area contributed by atoms with Gasteiger partial charge < -0.3 is 9.14 Å². The number of nitrogens with zero attached hydrogens (tertiary/aromatic N) is 2. The van der Waals surface area contributed by atoms with E-state index in [-0.39, 0.29) is 5.97 Å². The lowest BCUT2D eigenvalue weighted by atomic mass is 10.3. The minimum absolute atomic E-state index is 0.315. The maximum absolute atomic E-state index is 12.0. The third-order valence-electron chi connectivity index (χ3n) is 2.37. The predicted molar refractivity (Wildman–Crippen MR) is 83.3 cm³/mol. The summed E-state index contributed by atoms with van der Waals surface area (Å²) in [6, 6.07) is 0. The molecule has 2 aromatic heterocycles. The maximum Gasteiger partial charge on any atom is 0.342 e. The maximum atomic E-state index is 12.0. The van der Waals surface area contributed by atoms with Gasteiger partial charge in [0.05, 0.1) is 15.7 Å². The summed E-state index contributed by atoms with van der Waals surface area (Å²) >= 11 is 7.17. The zero-order valence-corrected chi connectivity index (χ0v) is 14.3. The summed E-state index contributed by atoms with van der Waals surface area (Å²) in [5.41, 5.74) is 1.49. The average Bonchev–Trinajstić information content (AvgIpc) is 2.62. The molecule has 7 heteroatoms. The van der Waals surface area contributed by atoms with Crippen LogP contribution in [0.5, 0.6) is 0 Å². The first kappa shape index (κ1) is 14.1. The van der Waals surface area contributed by atoms with E-state index < -0.39 is 0 Å². The molecule has 0 bridgehead atoms. The Kier molecular flexibility index (Phi) is 4.54. The summed E-state index contributed by atoms with van der Waals surface area (Å²) in [4.78, 5) is 16.3. The van der Waals surface area contributed by atoms with Gasteiger partial charge in [-0.2, -0.15) is 0 Å². The Balaban J connectivity index is 2.73. The number of rotatable bonds is 3. The van der Waals surface area contributed by atoms with Crippen molar-refractivity contribution < 1.29 is 9.53 Å². The van der Waals surface area contributed by atoms with Gasteiger partial charge in [-0.05, 0) is 51.7 Å². The van der Waals surface area contributed by atoms with Gasteiger partial charge in [0.25, 0.3) is 0 Å². The van der Waals surface area contributed by atoms with Crippen molar-refractivity contribution in [3.05, 3.63) is 26.1 Å². The molecule has 0 radical (unpaired) electrons. The second kappa shape index (κ2) is 5.79. The van der Waals surface area contributed by atoms with Crippen molar-refractivity contribution in [2.45, 2.75) is 11.9 Å². The molecule has 0 aliphatic carbocycles. The Labute approximate surface area is 131 Å². The molecule has 2 heterocycles. The molecule has 18 heavy (non-hydrogen) atoms. The molecule has 4 nitrogen and oxygen atoms in total. The summed E-state index contributed by atoms with van der Waals surface area (Å²) in [6.07, 6.45) is 5.50. The van der Waals surface area contributed by atoms with Crippen LogP contribution in [0.3, 0.4) is 0 Å². The van der Waals surface area contributed by atoms with Gasteiger partial charge in [-0.15, -0.1) is 11.8 Å². The molecule has 2 rings (SSSR count). The zero-order valence-electron chi connectivity index (χ0n) is 9.74. The van der Waals surface area contributed by atoms with E-state index in [1.54, 1.807) is 24.9 Å². The van der Waals surface area contributed by atoms with Gasteiger partial charge >= 0.3 is 5.97 Å². The number of hydrogen-bond donors (Lipinski definition) is 0. The number of aromatic nitrogens is 2. The molecule has 0 spiro atoms. The minimum Gasteiger partial charge on any atom is -0.462 e. The van der Waals surface area contributed by atoms with E-state index in [1.807, 2.05) is 16.9 Å². The van der Waals surface area contributed by atoms with Crippen molar-refractivity contribution in [2.75, 3.05) is 12.9 Å².